The Bertz CT molecular complexity index is 843. The van der Waals surface area contributed by atoms with Crippen molar-refractivity contribution in [1.29, 1.82) is 0 Å². The van der Waals surface area contributed by atoms with Gasteiger partial charge in [-0.05, 0) is 31.2 Å². The van der Waals surface area contributed by atoms with E-state index in [9.17, 15) is 13.6 Å². The summed E-state index contributed by atoms with van der Waals surface area (Å²) in [6, 6.07) is 8.08. The van der Waals surface area contributed by atoms with Crippen LogP contribution in [0.4, 0.5) is 14.5 Å². The molecule has 0 saturated carbocycles. The molecule has 21 heavy (non-hydrogen) atoms. The lowest BCUT2D eigenvalue weighted by Crippen LogP contribution is -2.11. The first kappa shape index (κ1) is 13.2. The second-order valence-electron chi connectivity index (χ2n) is 4.53. The van der Waals surface area contributed by atoms with Gasteiger partial charge in [-0.25, -0.2) is 13.8 Å². The van der Waals surface area contributed by atoms with Crippen LogP contribution in [-0.4, -0.2) is 10.9 Å². The van der Waals surface area contributed by atoms with Crippen LogP contribution in [0.5, 0.6) is 0 Å². The quantitative estimate of drug-likeness (QED) is 0.782. The van der Waals surface area contributed by atoms with Gasteiger partial charge >= 0.3 is 0 Å². The Labute approximate surface area is 118 Å². The highest BCUT2D eigenvalue weighted by Gasteiger charge is 2.14. The molecule has 2 aromatic heterocycles. The highest BCUT2D eigenvalue weighted by atomic mass is 19.2. The summed E-state index contributed by atoms with van der Waals surface area (Å²) in [5.41, 5.74) is 1.99. The number of halogens is 2. The van der Waals surface area contributed by atoms with Crippen LogP contribution < -0.4 is 5.32 Å². The summed E-state index contributed by atoms with van der Waals surface area (Å²) >= 11 is 0. The fourth-order valence-corrected chi connectivity index (χ4v) is 1.90. The summed E-state index contributed by atoms with van der Waals surface area (Å²) in [5.74, 6) is -2.52. The number of fused-ring (bicyclic) bond motifs is 1. The number of carbonyl (C=O) groups excluding carboxylic acids is 1. The number of aromatic nitrogens is 1. The molecular weight excluding hydrogens is 278 g/mol. The van der Waals surface area contributed by atoms with Gasteiger partial charge in [0.2, 0.25) is 0 Å². The van der Waals surface area contributed by atoms with E-state index >= 15 is 0 Å². The highest BCUT2D eigenvalue weighted by Crippen LogP contribution is 2.20. The number of aryl methyl sites for hydroxylation is 1. The van der Waals surface area contributed by atoms with Crippen molar-refractivity contribution in [3.63, 3.8) is 0 Å². The lowest BCUT2D eigenvalue weighted by atomic mass is 10.3. The first-order valence-electron chi connectivity index (χ1n) is 6.16. The molecule has 0 atom stereocenters. The number of nitrogens with one attached hydrogen (secondary N) is 1. The molecule has 3 rings (SSSR count). The van der Waals surface area contributed by atoms with Crippen molar-refractivity contribution in [3.8, 4) is 0 Å². The second-order valence-corrected chi connectivity index (χ2v) is 4.53. The zero-order chi connectivity index (χ0) is 15.0. The molecule has 3 aromatic rings. The zero-order valence-corrected chi connectivity index (χ0v) is 11.0. The molecule has 0 aliphatic heterocycles. The fraction of sp³-hybridized carbons (Fsp3) is 0.0667. The van der Waals surface area contributed by atoms with Crippen LogP contribution in [0.3, 0.4) is 0 Å². The number of anilines is 1. The minimum Gasteiger partial charge on any atom is -0.449 e. The average Bonchev–Trinajstić information content (AvgIpc) is 2.86. The number of carbonyl (C=O) groups is 1. The Balaban J connectivity index is 1.87. The Morgan fingerprint density at radius 2 is 1.95 bits per heavy atom. The molecule has 1 amide bonds. The summed E-state index contributed by atoms with van der Waals surface area (Å²) in [4.78, 5) is 16.2. The number of furan rings is 1. The van der Waals surface area contributed by atoms with Crippen LogP contribution in [-0.2, 0) is 0 Å². The number of hydrogen-bond acceptors (Lipinski definition) is 3. The van der Waals surface area contributed by atoms with E-state index in [4.69, 9.17) is 4.42 Å². The van der Waals surface area contributed by atoms with Gasteiger partial charge in [0, 0.05) is 23.5 Å². The lowest BCUT2D eigenvalue weighted by molar-refractivity contribution is 0.0998. The van der Waals surface area contributed by atoms with Crippen molar-refractivity contribution >= 4 is 22.7 Å². The van der Waals surface area contributed by atoms with Gasteiger partial charge in [-0.3, -0.25) is 4.79 Å². The monoisotopic (exact) mass is 288 g/mol. The van der Waals surface area contributed by atoms with Gasteiger partial charge in [0.05, 0.1) is 0 Å². The molecule has 0 radical (unpaired) electrons. The van der Waals surface area contributed by atoms with Gasteiger partial charge in [-0.1, -0.05) is 0 Å². The van der Waals surface area contributed by atoms with Crippen molar-refractivity contribution in [1.82, 2.24) is 4.98 Å². The van der Waals surface area contributed by atoms with Crippen LogP contribution >= 0.6 is 0 Å². The standard InChI is InChI=1S/C15H10F2N2O2/c1-8-2-5-13-12(18-8)7-14(21-13)15(20)19-9-3-4-10(16)11(17)6-9/h2-7H,1H3,(H,19,20). The minimum atomic E-state index is -1.03. The molecule has 0 bridgehead atoms. The highest BCUT2D eigenvalue weighted by molar-refractivity contribution is 6.04. The van der Waals surface area contributed by atoms with E-state index in [1.54, 1.807) is 12.1 Å². The lowest BCUT2D eigenvalue weighted by Gasteiger charge is -2.03. The molecule has 4 nitrogen and oxygen atoms in total. The molecule has 0 fully saturated rings. The first-order chi connectivity index (χ1) is 10.0. The summed E-state index contributed by atoms with van der Waals surface area (Å²) in [7, 11) is 0. The Hall–Kier alpha value is -2.76. The van der Waals surface area contributed by atoms with Crippen LogP contribution in [0.15, 0.2) is 40.8 Å². The Morgan fingerprint density at radius 3 is 2.71 bits per heavy atom. The van der Waals surface area contributed by atoms with Crippen LogP contribution in [0, 0.1) is 18.6 Å². The number of rotatable bonds is 2. The largest absolute Gasteiger partial charge is 0.449 e. The van der Waals surface area contributed by atoms with Crippen molar-refractivity contribution in [2.45, 2.75) is 6.92 Å². The fourth-order valence-electron chi connectivity index (χ4n) is 1.90. The molecule has 0 spiro atoms. The van der Waals surface area contributed by atoms with E-state index < -0.39 is 17.5 Å². The molecular formula is C15H10F2N2O2. The summed E-state index contributed by atoms with van der Waals surface area (Å²) < 4.78 is 31.3. The average molecular weight is 288 g/mol. The minimum absolute atomic E-state index is 0.0489. The maximum atomic E-state index is 13.1. The van der Waals surface area contributed by atoms with E-state index in [0.29, 0.717) is 11.1 Å². The van der Waals surface area contributed by atoms with Gasteiger partial charge in [0.25, 0.3) is 5.91 Å². The zero-order valence-electron chi connectivity index (χ0n) is 11.0. The number of amides is 1. The number of pyridine rings is 1. The summed E-state index contributed by atoms with van der Waals surface area (Å²) in [6.07, 6.45) is 0. The smallest absolute Gasteiger partial charge is 0.291 e. The van der Waals surface area contributed by atoms with E-state index in [2.05, 4.69) is 10.3 Å². The molecule has 2 heterocycles. The molecule has 106 valence electrons. The molecule has 0 saturated heterocycles. The van der Waals surface area contributed by atoms with Crippen molar-refractivity contribution in [3.05, 3.63) is 59.5 Å². The van der Waals surface area contributed by atoms with Crippen molar-refractivity contribution in [2.75, 3.05) is 5.32 Å². The van der Waals surface area contributed by atoms with E-state index in [1.807, 2.05) is 6.92 Å². The predicted octanol–water partition coefficient (Wildman–Crippen LogP) is 3.67. The van der Waals surface area contributed by atoms with Crippen LogP contribution in [0.1, 0.15) is 16.2 Å². The van der Waals surface area contributed by atoms with Gasteiger partial charge in [-0.2, -0.15) is 0 Å². The predicted molar refractivity (Wildman–Crippen MR) is 73.1 cm³/mol. The van der Waals surface area contributed by atoms with Gasteiger partial charge in [0.1, 0.15) is 5.52 Å². The van der Waals surface area contributed by atoms with E-state index in [1.165, 1.54) is 12.1 Å². The topological polar surface area (TPSA) is 55.1 Å². The van der Waals surface area contributed by atoms with E-state index in [-0.39, 0.29) is 11.4 Å². The van der Waals surface area contributed by atoms with Crippen LogP contribution in [0.25, 0.3) is 11.1 Å². The normalized spacial score (nSPS) is 10.8. The van der Waals surface area contributed by atoms with Crippen molar-refractivity contribution < 1.29 is 18.0 Å². The molecule has 0 unspecified atom stereocenters. The number of hydrogen-bond donors (Lipinski definition) is 1. The molecule has 6 heteroatoms. The number of nitrogens with zero attached hydrogens (tertiary/aromatic N) is 1. The Kier molecular flexibility index (Phi) is 3.13. The number of benzene rings is 1. The molecule has 1 aromatic carbocycles. The first-order valence-corrected chi connectivity index (χ1v) is 6.16. The van der Waals surface area contributed by atoms with Crippen LogP contribution in [0.2, 0.25) is 0 Å². The maximum Gasteiger partial charge on any atom is 0.291 e. The molecule has 0 aliphatic carbocycles. The third-order valence-corrected chi connectivity index (χ3v) is 2.91. The van der Waals surface area contributed by atoms with Gasteiger partial charge < -0.3 is 9.73 Å². The molecule has 0 aliphatic rings. The van der Waals surface area contributed by atoms with E-state index in [0.717, 1.165) is 17.8 Å². The third kappa shape index (κ3) is 2.60. The SMILES string of the molecule is Cc1ccc2oc(C(=O)Nc3ccc(F)c(F)c3)cc2n1. The van der Waals surface area contributed by atoms with Gasteiger partial charge in [0.15, 0.2) is 23.0 Å². The molecule has 1 N–H and O–H groups in total. The maximum absolute atomic E-state index is 13.1. The van der Waals surface area contributed by atoms with Gasteiger partial charge in [-0.15, -0.1) is 0 Å². The second kappa shape index (κ2) is 4.97. The summed E-state index contributed by atoms with van der Waals surface area (Å²) in [5, 5.41) is 2.43. The Morgan fingerprint density at radius 1 is 1.14 bits per heavy atom. The summed E-state index contributed by atoms with van der Waals surface area (Å²) in [6.45, 7) is 1.83. The third-order valence-electron chi connectivity index (χ3n) is 2.91. The van der Waals surface area contributed by atoms with Crippen molar-refractivity contribution in [2.24, 2.45) is 0 Å².